The molecule has 2 aliphatic rings. The predicted octanol–water partition coefficient (Wildman–Crippen LogP) is 3.79. The van der Waals surface area contributed by atoms with Crippen molar-refractivity contribution < 1.29 is 51.7 Å². The van der Waals surface area contributed by atoms with E-state index in [1.165, 1.54) is 0 Å². The van der Waals surface area contributed by atoms with Crippen molar-refractivity contribution in [1.82, 2.24) is 0 Å². The van der Waals surface area contributed by atoms with Crippen LogP contribution in [0.4, 0.5) is 11.4 Å². The number of hydrogen-bond donors (Lipinski definition) is 0. The SMILES string of the molecule is [Y].[c-]1ccc2c(c1)OCOCN=N2.[c-]1ccc2c(c1)OCOCN=N2. The van der Waals surface area contributed by atoms with Crippen molar-refractivity contribution in [2.75, 3.05) is 27.0 Å². The first kappa shape index (κ1) is 19.6. The molecule has 9 heteroatoms. The minimum atomic E-state index is 0. The largest absolute Gasteiger partial charge is 0.526 e. The van der Waals surface area contributed by atoms with Gasteiger partial charge < -0.3 is 18.9 Å². The van der Waals surface area contributed by atoms with E-state index in [1.807, 2.05) is 0 Å². The van der Waals surface area contributed by atoms with E-state index in [9.17, 15) is 0 Å². The Hall–Kier alpha value is -1.74. The van der Waals surface area contributed by atoms with E-state index in [0.29, 0.717) is 11.5 Å². The van der Waals surface area contributed by atoms with Gasteiger partial charge in [0, 0.05) is 55.6 Å². The second-order valence-corrected chi connectivity index (χ2v) is 4.46. The monoisotopic (exact) mass is 415 g/mol. The number of fused-ring (bicyclic) bond motifs is 2. The summed E-state index contributed by atoms with van der Waals surface area (Å²) in [4.78, 5) is 0. The van der Waals surface area contributed by atoms with Crippen molar-refractivity contribution in [3.8, 4) is 11.5 Å². The summed E-state index contributed by atoms with van der Waals surface area (Å²) in [6.07, 6.45) is 0. The van der Waals surface area contributed by atoms with Gasteiger partial charge in [0.2, 0.25) is 0 Å². The Morgan fingerprint density at radius 3 is 1.72 bits per heavy atom. The van der Waals surface area contributed by atoms with Gasteiger partial charge in [0.15, 0.2) is 27.0 Å². The molecule has 8 nitrogen and oxygen atoms in total. The fraction of sp³-hybridized carbons (Fsp3) is 0.250. The fourth-order valence-electron chi connectivity index (χ4n) is 1.79. The third-order valence-electron chi connectivity index (χ3n) is 2.86. The second kappa shape index (κ2) is 11.0. The van der Waals surface area contributed by atoms with Crippen LogP contribution in [0.1, 0.15) is 0 Å². The third-order valence-corrected chi connectivity index (χ3v) is 2.86. The molecule has 2 aromatic rings. The maximum Gasteiger partial charge on any atom is 0.177 e. The fourth-order valence-corrected chi connectivity index (χ4v) is 1.79. The van der Waals surface area contributed by atoms with E-state index >= 15 is 0 Å². The summed E-state index contributed by atoms with van der Waals surface area (Å²) in [6, 6.07) is 16.3. The summed E-state index contributed by atoms with van der Waals surface area (Å²) in [5.41, 5.74) is 1.44. The van der Waals surface area contributed by atoms with Crippen LogP contribution in [0.3, 0.4) is 0 Å². The second-order valence-electron chi connectivity index (χ2n) is 4.46. The molecular formula is C16H14N4O4Y-2. The zero-order valence-electron chi connectivity index (χ0n) is 13.3. The number of azo groups is 2. The van der Waals surface area contributed by atoms with Crippen LogP contribution >= 0.6 is 0 Å². The molecule has 0 fully saturated rings. The van der Waals surface area contributed by atoms with Gasteiger partial charge in [-0.15, -0.1) is 24.3 Å². The number of hydrogen-bond acceptors (Lipinski definition) is 8. The average Bonchev–Trinajstić information content (AvgIpc) is 2.57. The summed E-state index contributed by atoms with van der Waals surface area (Å²) in [6.45, 7) is 0.920. The molecular weight excluding hydrogens is 401 g/mol. The van der Waals surface area contributed by atoms with Gasteiger partial charge in [-0.1, -0.05) is 0 Å². The molecule has 4 rings (SSSR count). The Balaban J connectivity index is 0.000000173. The molecule has 0 spiro atoms. The molecule has 2 aromatic carbocycles. The van der Waals surface area contributed by atoms with Crippen molar-refractivity contribution in [3.63, 3.8) is 0 Å². The van der Waals surface area contributed by atoms with Crippen LogP contribution in [-0.2, 0) is 42.2 Å². The average molecular weight is 415 g/mol. The zero-order valence-corrected chi connectivity index (χ0v) is 16.1. The Morgan fingerprint density at radius 1 is 0.760 bits per heavy atom. The van der Waals surface area contributed by atoms with Gasteiger partial charge in [0.05, 0.1) is 0 Å². The number of benzene rings is 2. The Bertz CT molecular complexity index is 665. The molecule has 127 valence electrons. The topological polar surface area (TPSA) is 86.4 Å². The van der Waals surface area contributed by atoms with Gasteiger partial charge in [-0.05, 0) is 0 Å². The standard InChI is InChI=1S/2C8H7N2O2.Y/c2*1-2-4-8-7(3-1)10-9-5-11-6-12-8;/h2*1,3-4H,5-6H2;/q2*-1;. The zero-order chi connectivity index (χ0) is 16.5. The summed E-state index contributed by atoms with van der Waals surface area (Å²) in [5.74, 6) is 1.31. The van der Waals surface area contributed by atoms with E-state index in [1.54, 1.807) is 36.4 Å². The minimum absolute atomic E-state index is 0. The molecule has 0 saturated heterocycles. The Labute approximate surface area is 170 Å². The Morgan fingerprint density at radius 2 is 1.24 bits per heavy atom. The van der Waals surface area contributed by atoms with Crippen molar-refractivity contribution in [1.29, 1.82) is 0 Å². The first-order valence-corrected chi connectivity index (χ1v) is 7.10. The van der Waals surface area contributed by atoms with Crippen LogP contribution in [0.5, 0.6) is 11.5 Å². The molecule has 0 atom stereocenters. The van der Waals surface area contributed by atoms with Crippen LogP contribution in [0.2, 0.25) is 0 Å². The molecule has 0 aliphatic carbocycles. The van der Waals surface area contributed by atoms with E-state index in [4.69, 9.17) is 18.9 Å². The first-order valence-electron chi connectivity index (χ1n) is 7.10. The molecule has 0 saturated carbocycles. The van der Waals surface area contributed by atoms with Crippen LogP contribution in [0.15, 0.2) is 56.9 Å². The van der Waals surface area contributed by atoms with Crippen LogP contribution < -0.4 is 9.47 Å². The normalized spacial score (nSPS) is 15.0. The smallest absolute Gasteiger partial charge is 0.177 e. The molecule has 2 heterocycles. The molecule has 25 heavy (non-hydrogen) atoms. The van der Waals surface area contributed by atoms with E-state index in [0.717, 1.165) is 11.4 Å². The van der Waals surface area contributed by atoms with Crippen molar-refractivity contribution >= 4 is 11.4 Å². The molecule has 2 aliphatic heterocycles. The van der Waals surface area contributed by atoms with Gasteiger partial charge in [-0.3, -0.25) is 0 Å². The van der Waals surface area contributed by atoms with Gasteiger partial charge in [-0.25, -0.2) is 0 Å². The number of nitrogens with zero attached hydrogens (tertiary/aromatic N) is 4. The van der Waals surface area contributed by atoms with E-state index in [-0.39, 0.29) is 59.8 Å². The van der Waals surface area contributed by atoms with E-state index < -0.39 is 0 Å². The summed E-state index contributed by atoms with van der Waals surface area (Å²) < 4.78 is 20.3. The van der Waals surface area contributed by atoms with Gasteiger partial charge in [0.1, 0.15) is 0 Å². The van der Waals surface area contributed by atoms with Gasteiger partial charge in [0.25, 0.3) is 0 Å². The number of ether oxygens (including phenoxy) is 4. The molecule has 0 bridgehead atoms. The van der Waals surface area contributed by atoms with E-state index in [2.05, 4.69) is 32.6 Å². The molecule has 0 amide bonds. The van der Waals surface area contributed by atoms with Gasteiger partial charge in [-0.2, -0.15) is 44.7 Å². The predicted molar refractivity (Wildman–Crippen MR) is 82.5 cm³/mol. The first-order chi connectivity index (χ1) is 11.9. The molecule has 1 radical (unpaired) electrons. The Kier molecular flexibility index (Phi) is 8.61. The quantitative estimate of drug-likeness (QED) is 0.613. The maximum absolute atomic E-state index is 5.22. The number of rotatable bonds is 0. The summed E-state index contributed by atoms with van der Waals surface area (Å²) in [7, 11) is 0. The third kappa shape index (κ3) is 6.24. The summed E-state index contributed by atoms with van der Waals surface area (Å²) >= 11 is 0. The van der Waals surface area contributed by atoms with Crippen LogP contribution in [-0.4, -0.2) is 27.0 Å². The summed E-state index contributed by atoms with van der Waals surface area (Å²) in [5, 5.41) is 15.4. The van der Waals surface area contributed by atoms with Crippen molar-refractivity contribution in [2.24, 2.45) is 20.5 Å². The minimum Gasteiger partial charge on any atom is -0.526 e. The van der Waals surface area contributed by atoms with Crippen LogP contribution in [0, 0.1) is 12.1 Å². The molecule has 0 N–H and O–H groups in total. The van der Waals surface area contributed by atoms with Gasteiger partial charge >= 0.3 is 0 Å². The van der Waals surface area contributed by atoms with Crippen LogP contribution in [0.25, 0.3) is 0 Å². The van der Waals surface area contributed by atoms with Crippen molar-refractivity contribution in [2.45, 2.75) is 0 Å². The van der Waals surface area contributed by atoms with Crippen molar-refractivity contribution in [3.05, 3.63) is 48.5 Å². The molecule has 0 unspecified atom stereocenters. The molecule has 0 aromatic heterocycles. The maximum atomic E-state index is 5.22.